The largest absolute Gasteiger partial charge is 0.393 e. The van der Waals surface area contributed by atoms with E-state index in [1.54, 1.807) is 15.8 Å². The van der Waals surface area contributed by atoms with Gasteiger partial charge in [0.15, 0.2) is 5.69 Å². The zero-order valence-corrected chi connectivity index (χ0v) is 12.8. The first kappa shape index (κ1) is 14.7. The van der Waals surface area contributed by atoms with Crippen molar-refractivity contribution in [1.29, 1.82) is 0 Å². The first-order valence-corrected chi connectivity index (χ1v) is 7.53. The average molecular weight is 300 g/mol. The average Bonchev–Trinajstić information content (AvgIpc) is 2.96. The zero-order chi connectivity index (χ0) is 15.7. The van der Waals surface area contributed by atoms with Gasteiger partial charge in [-0.1, -0.05) is 17.3 Å². The summed E-state index contributed by atoms with van der Waals surface area (Å²) in [5.41, 5.74) is 2.35. The number of benzene rings is 1. The number of likely N-dealkylation sites (tertiary alicyclic amines) is 1. The first-order valence-electron chi connectivity index (χ1n) is 7.53. The fourth-order valence-electron chi connectivity index (χ4n) is 2.85. The molecule has 0 radical (unpaired) electrons. The summed E-state index contributed by atoms with van der Waals surface area (Å²) in [4.78, 5) is 14.3. The van der Waals surface area contributed by atoms with E-state index >= 15 is 0 Å². The molecule has 6 nitrogen and oxygen atoms in total. The van der Waals surface area contributed by atoms with Gasteiger partial charge in [-0.3, -0.25) is 4.79 Å². The monoisotopic (exact) mass is 300 g/mol. The second-order valence-electron chi connectivity index (χ2n) is 5.91. The Bertz CT molecular complexity index is 682. The summed E-state index contributed by atoms with van der Waals surface area (Å²) in [7, 11) is 0. The minimum atomic E-state index is -0.318. The number of aryl methyl sites for hydroxylation is 1. The van der Waals surface area contributed by atoms with Gasteiger partial charge in [0.25, 0.3) is 5.91 Å². The van der Waals surface area contributed by atoms with Crippen molar-refractivity contribution in [3.63, 3.8) is 0 Å². The molecular formula is C16H20N4O2. The molecule has 6 heteroatoms. The standard InChI is InChI=1S/C16H20N4O2/c1-11-4-3-5-13(8-11)20-10-15(17-18-20)16(22)19-7-6-14(21)9-12(19)2/h3-5,8,10,12,14,21H,6-7,9H2,1-2H3/t12-,14+/m1/s1. The van der Waals surface area contributed by atoms with E-state index in [4.69, 9.17) is 0 Å². The number of hydrogen-bond acceptors (Lipinski definition) is 4. The Balaban J connectivity index is 1.80. The van der Waals surface area contributed by atoms with Crippen LogP contribution in [-0.4, -0.2) is 49.6 Å². The number of amides is 1. The number of carbonyl (C=O) groups excluding carboxylic acids is 1. The maximum atomic E-state index is 12.6. The molecule has 1 amide bonds. The van der Waals surface area contributed by atoms with Crippen molar-refractivity contribution in [1.82, 2.24) is 19.9 Å². The van der Waals surface area contributed by atoms with Crippen molar-refractivity contribution in [2.24, 2.45) is 0 Å². The van der Waals surface area contributed by atoms with Crippen LogP contribution in [0.2, 0.25) is 0 Å². The molecule has 22 heavy (non-hydrogen) atoms. The van der Waals surface area contributed by atoms with Gasteiger partial charge in [0.1, 0.15) is 0 Å². The molecular weight excluding hydrogens is 280 g/mol. The molecule has 1 saturated heterocycles. The van der Waals surface area contributed by atoms with Crippen LogP contribution in [0.1, 0.15) is 35.8 Å². The minimum Gasteiger partial charge on any atom is -0.393 e. The number of piperidine rings is 1. The van der Waals surface area contributed by atoms with Crippen molar-refractivity contribution in [2.45, 2.75) is 38.8 Å². The highest BCUT2D eigenvalue weighted by atomic mass is 16.3. The van der Waals surface area contributed by atoms with Crippen LogP contribution in [0.4, 0.5) is 0 Å². The normalized spacial score (nSPS) is 21.9. The predicted molar refractivity (Wildman–Crippen MR) is 81.8 cm³/mol. The summed E-state index contributed by atoms with van der Waals surface area (Å²) < 4.78 is 1.61. The number of nitrogens with zero attached hydrogens (tertiary/aromatic N) is 4. The van der Waals surface area contributed by atoms with Gasteiger partial charge >= 0.3 is 0 Å². The highest BCUT2D eigenvalue weighted by Gasteiger charge is 2.29. The molecule has 0 saturated carbocycles. The van der Waals surface area contributed by atoms with Gasteiger partial charge in [-0.05, 0) is 44.4 Å². The van der Waals surface area contributed by atoms with Crippen LogP contribution in [0.3, 0.4) is 0 Å². The lowest BCUT2D eigenvalue weighted by Gasteiger charge is -2.35. The number of aliphatic hydroxyl groups excluding tert-OH is 1. The van der Waals surface area contributed by atoms with E-state index < -0.39 is 0 Å². The fourth-order valence-corrected chi connectivity index (χ4v) is 2.85. The van der Waals surface area contributed by atoms with Gasteiger partial charge in [-0.2, -0.15) is 0 Å². The van der Waals surface area contributed by atoms with Gasteiger partial charge in [-0.25, -0.2) is 4.68 Å². The molecule has 3 rings (SSSR count). The van der Waals surface area contributed by atoms with Crippen LogP contribution in [-0.2, 0) is 0 Å². The van der Waals surface area contributed by atoms with E-state index in [2.05, 4.69) is 10.3 Å². The maximum Gasteiger partial charge on any atom is 0.276 e. The number of carbonyl (C=O) groups is 1. The molecule has 1 aromatic heterocycles. The highest BCUT2D eigenvalue weighted by molar-refractivity contribution is 5.92. The number of hydrogen-bond donors (Lipinski definition) is 1. The van der Waals surface area contributed by atoms with Gasteiger partial charge < -0.3 is 10.0 Å². The maximum absolute atomic E-state index is 12.6. The minimum absolute atomic E-state index is 0.0142. The second-order valence-corrected chi connectivity index (χ2v) is 5.91. The summed E-state index contributed by atoms with van der Waals surface area (Å²) in [6.07, 6.45) is 2.57. The summed E-state index contributed by atoms with van der Waals surface area (Å²) in [5.74, 6) is -0.127. The molecule has 1 N–H and O–H groups in total. The van der Waals surface area contributed by atoms with Crippen molar-refractivity contribution in [3.8, 4) is 5.69 Å². The van der Waals surface area contributed by atoms with E-state index in [1.165, 1.54) is 0 Å². The third-order valence-electron chi connectivity index (χ3n) is 4.09. The molecule has 0 unspecified atom stereocenters. The third kappa shape index (κ3) is 2.87. The molecule has 2 aromatic rings. The third-order valence-corrected chi connectivity index (χ3v) is 4.09. The quantitative estimate of drug-likeness (QED) is 0.913. The summed E-state index contributed by atoms with van der Waals surface area (Å²) in [5, 5.41) is 17.7. The van der Waals surface area contributed by atoms with Gasteiger partial charge in [0.05, 0.1) is 18.0 Å². The van der Waals surface area contributed by atoms with Crippen LogP contribution >= 0.6 is 0 Å². The summed E-state index contributed by atoms with van der Waals surface area (Å²) >= 11 is 0. The Labute approximate surface area is 129 Å². The Hall–Kier alpha value is -2.21. The smallest absolute Gasteiger partial charge is 0.276 e. The van der Waals surface area contributed by atoms with Crippen LogP contribution < -0.4 is 0 Å². The second kappa shape index (κ2) is 5.88. The molecule has 1 fully saturated rings. The Kier molecular flexibility index (Phi) is 3.94. The van der Waals surface area contributed by atoms with E-state index in [-0.39, 0.29) is 18.1 Å². The molecule has 1 aromatic carbocycles. The van der Waals surface area contributed by atoms with E-state index in [0.717, 1.165) is 11.3 Å². The highest BCUT2D eigenvalue weighted by Crippen LogP contribution is 2.19. The first-order chi connectivity index (χ1) is 10.5. The van der Waals surface area contributed by atoms with Crippen molar-refractivity contribution >= 4 is 5.91 Å². The molecule has 2 heterocycles. The molecule has 0 spiro atoms. The van der Waals surface area contributed by atoms with Crippen LogP contribution in [0.15, 0.2) is 30.5 Å². The Morgan fingerprint density at radius 3 is 2.95 bits per heavy atom. The van der Waals surface area contributed by atoms with Gasteiger partial charge in [0.2, 0.25) is 0 Å². The lowest BCUT2D eigenvalue weighted by Crippen LogP contribution is -2.46. The summed E-state index contributed by atoms with van der Waals surface area (Å²) in [6, 6.07) is 7.88. The SMILES string of the molecule is Cc1cccc(-n2cc(C(=O)N3CC[C@H](O)C[C@H]3C)nn2)c1. The van der Waals surface area contributed by atoms with E-state index in [1.807, 2.05) is 38.1 Å². The van der Waals surface area contributed by atoms with Crippen LogP contribution in [0, 0.1) is 6.92 Å². The number of rotatable bonds is 2. The topological polar surface area (TPSA) is 71.2 Å². The lowest BCUT2D eigenvalue weighted by atomic mass is 10.0. The number of aliphatic hydroxyl groups is 1. The van der Waals surface area contributed by atoms with Gasteiger partial charge in [-0.15, -0.1) is 5.10 Å². The molecule has 1 aliphatic rings. The lowest BCUT2D eigenvalue weighted by molar-refractivity contribution is 0.0360. The molecule has 0 bridgehead atoms. The number of aromatic nitrogens is 3. The fraction of sp³-hybridized carbons (Fsp3) is 0.438. The molecule has 0 aliphatic carbocycles. The summed E-state index contributed by atoms with van der Waals surface area (Å²) in [6.45, 7) is 4.51. The van der Waals surface area contributed by atoms with Crippen LogP contribution in [0.5, 0.6) is 0 Å². The van der Waals surface area contributed by atoms with Crippen molar-refractivity contribution in [2.75, 3.05) is 6.54 Å². The Morgan fingerprint density at radius 1 is 1.41 bits per heavy atom. The van der Waals surface area contributed by atoms with E-state index in [0.29, 0.717) is 25.1 Å². The zero-order valence-electron chi connectivity index (χ0n) is 12.8. The van der Waals surface area contributed by atoms with Crippen LogP contribution in [0.25, 0.3) is 5.69 Å². The predicted octanol–water partition coefficient (Wildman–Crippen LogP) is 1.56. The van der Waals surface area contributed by atoms with Gasteiger partial charge in [0, 0.05) is 12.6 Å². The van der Waals surface area contributed by atoms with Crippen molar-refractivity contribution in [3.05, 3.63) is 41.7 Å². The molecule has 2 atom stereocenters. The van der Waals surface area contributed by atoms with Crippen molar-refractivity contribution < 1.29 is 9.90 Å². The molecule has 116 valence electrons. The van der Waals surface area contributed by atoms with E-state index in [9.17, 15) is 9.90 Å². The molecule has 1 aliphatic heterocycles. The Morgan fingerprint density at radius 2 is 2.23 bits per heavy atom.